The molecule has 1 aliphatic heterocycles. The molecule has 3 N–H and O–H groups in total. The first-order chi connectivity index (χ1) is 14.6. The maximum absolute atomic E-state index is 13.2. The molecule has 168 valence electrons. The zero-order valence-corrected chi connectivity index (χ0v) is 18.0. The van der Waals surface area contributed by atoms with Crippen LogP contribution >= 0.6 is 0 Å². The minimum atomic E-state index is -4.13. The Kier molecular flexibility index (Phi) is 6.65. The van der Waals surface area contributed by atoms with Crippen LogP contribution < -0.4 is 10.2 Å². The predicted molar refractivity (Wildman–Crippen MR) is 109 cm³/mol. The third-order valence-corrected chi connectivity index (χ3v) is 7.31. The number of rotatable bonds is 6. The van der Waals surface area contributed by atoms with Crippen molar-refractivity contribution in [2.75, 3.05) is 6.54 Å². The van der Waals surface area contributed by atoms with Gasteiger partial charge in [0.1, 0.15) is 24.2 Å². The number of piperidine rings is 1. The number of hydroxylamine groups is 1. The lowest BCUT2D eigenvalue weighted by Gasteiger charge is -2.42. The molecule has 1 aliphatic rings. The van der Waals surface area contributed by atoms with Gasteiger partial charge in [0.05, 0.1) is 10.5 Å². The lowest BCUT2D eigenvalue weighted by atomic mass is 9.87. The molecule has 0 saturated carbocycles. The van der Waals surface area contributed by atoms with Gasteiger partial charge >= 0.3 is 0 Å². The normalized spacial score (nSPS) is 22.2. The molecule has 2 atom stereocenters. The van der Waals surface area contributed by atoms with Gasteiger partial charge < -0.3 is 9.84 Å². The van der Waals surface area contributed by atoms with E-state index in [9.17, 15) is 22.7 Å². The quantitative estimate of drug-likeness (QED) is 0.457. The van der Waals surface area contributed by atoms with Crippen molar-refractivity contribution >= 4 is 15.9 Å². The van der Waals surface area contributed by atoms with Gasteiger partial charge in [0.25, 0.3) is 5.91 Å². The molecule has 1 amide bonds. The molecule has 2 aromatic carbocycles. The van der Waals surface area contributed by atoms with Crippen LogP contribution in [0.3, 0.4) is 0 Å². The van der Waals surface area contributed by atoms with Crippen LogP contribution in [0.25, 0.3) is 0 Å². The van der Waals surface area contributed by atoms with E-state index in [1.807, 2.05) is 0 Å². The Morgan fingerprint density at radius 1 is 1.29 bits per heavy atom. The number of carbonyl (C=O) groups is 1. The van der Waals surface area contributed by atoms with E-state index in [1.165, 1.54) is 48.8 Å². The topological polar surface area (TPSA) is 116 Å². The summed E-state index contributed by atoms with van der Waals surface area (Å²) < 4.78 is 46.1. The Bertz CT molecular complexity index is 1060. The number of benzene rings is 2. The average Bonchev–Trinajstić information content (AvgIpc) is 2.72. The molecule has 0 aliphatic carbocycles. The summed E-state index contributed by atoms with van der Waals surface area (Å²) >= 11 is 0. The van der Waals surface area contributed by atoms with Crippen molar-refractivity contribution < 1.29 is 32.7 Å². The van der Waals surface area contributed by atoms with E-state index in [-0.39, 0.29) is 30.3 Å². The minimum Gasteiger partial charge on any atom is -0.489 e. The van der Waals surface area contributed by atoms with E-state index in [0.717, 1.165) is 15.4 Å². The van der Waals surface area contributed by atoms with Crippen molar-refractivity contribution in [3.05, 3.63) is 59.4 Å². The van der Waals surface area contributed by atoms with E-state index in [4.69, 9.17) is 9.94 Å². The highest BCUT2D eigenvalue weighted by Crippen LogP contribution is 2.32. The second kappa shape index (κ2) is 8.91. The van der Waals surface area contributed by atoms with E-state index >= 15 is 0 Å². The van der Waals surface area contributed by atoms with Crippen LogP contribution in [-0.4, -0.2) is 47.1 Å². The second-order valence-corrected chi connectivity index (χ2v) is 9.68. The van der Waals surface area contributed by atoms with Crippen LogP contribution in [0, 0.1) is 12.7 Å². The minimum absolute atomic E-state index is 0.0265. The van der Waals surface area contributed by atoms with Crippen LogP contribution in [0.4, 0.5) is 4.39 Å². The lowest BCUT2D eigenvalue weighted by Crippen LogP contribution is -2.62. The van der Waals surface area contributed by atoms with Crippen molar-refractivity contribution in [3.8, 4) is 5.75 Å². The number of amides is 1. The maximum Gasteiger partial charge on any atom is 0.264 e. The highest BCUT2D eigenvalue weighted by atomic mass is 32.2. The van der Waals surface area contributed by atoms with Gasteiger partial charge in [0.2, 0.25) is 10.0 Å². The Labute approximate surface area is 180 Å². The molecule has 1 saturated heterocycles. The van der Waals surface area contributed by atoms with Gasteiger partial charge in [-0.2, -0.15) is 4.31 Å². The highest BCUT2D eigenvalue weighted by molar-refractivity contribution is 7.89. The molecule has 1 fully saturated rings. The highest BCUT2D eigenvalue weighted by Gasteiger charge is 2.49. The first-order valence-corrected chi connectivity index (χ1v) is 11.2. The lowest BCUT2D eigenvalue weighted by molar-refractivity contribution is -0.144. The summed E-state index contributed by atoms with van der Waals surface area (Å²) in [4.78, 5) is 12.0. The molecule has 0 bridgehead atoms. The molecule has 10 heteroatoms. The molecule has 1 heterocycles. The van der Waals surface area contributed by atoms with Crippen molar-refractivity contribution in [2.24, 2.45) is 0 Å². The molecule has 0 radical (unpaired) electrons. The van der Waals surface area contributed by atoms with Crippen LogP contribution in [0.2, 0.25) is 0 Å². The number of nitrogens with zero attached hydrogens (tertiary/aromatic N) is 1. The molecule has 8 nitrogen and oxygen atoms in total. The van der Waals surface area contributed by atoms with E-state index < -0.39 is 27.6 Å². The standard InChI is InChI=1S/C21H25FN2O6S/c1-14-12-16(22)5-4-15(14)13-30-17-6-8-18(9-7-17)31(28,29)24-11-3-10-21(2,26)19(24)20(25)23-27/h4-9,12,19,26-27H,3,10-11,13H2,1-2H3,(H,23,25). The molecule has 3 rings (SSSR count). The summed E-state index contributed by atoms with van der Waals surface area (Å²) in [5.74, 6) is -0.915. The van der Waals surface area contributed by atoms with Gasteiger partial charge in [-0.05, 0) is 74.2 Å². The number of aryl methyl sites for hydroxylation is 1. The zero-order chi connectivity index (χ0) is 22.8. The number of sulfonamides is 1. The Hall–Kier alpha value is -2.53. The zero-order valence-electron chi connectivity index (χ0n) is 17.2. The van der Waals surface area contributed by atoms with Gasteiger partial charge in [0, 0.05) is 6.54 Å². The summed E-state index contributed by atoms with van der Waals surface area (Å²) in [6.07, 6.45) is 0.576. The number of aliphatic hydroxyl groups is 1. The van der Waals surface area contributed by atoms with Crippen molar-refractivity contribution in [1.82, 2.24) is 9.79 Å². The van der Waals surface area contributed by atoms with Crippen LogP contribution in [-0.2, 0) is 21.4 Å². The first-order valence-electron chi connectivity index (χ1n) is 9.72. The smallest absolute Gasteiger partial charge is 0.264 e. The van der Waals surface area contributed by atoms with Gasteiger partial charge in [-0.15, -0.1) is 0 Å². The van der Waals surface area contributed by atoms with Gasteiger partial charge in [0.15, 0.2) is 0 Å². The number of ether oxygens (including phenoxy) is 1. The summed E-state index contributed by atoms with van der Waals surface area (Å²) in [7, 11) is -4.13. The SMILES string of the molecule is Cc1cc(F)ccc1COc1ccc(S(=O)(=O)N2CCCC(C)(O)C2C(=O)NO)cc1. The van der Waals surface area contributed by atoms with Gasteiger partial charge in [-0.3, -0.25) is 10.0 Å². The monoisotopic (exact) mass is 452 g/mol. The number of hydrogen-bond donors (Lipinski definition) is 3. The van der Waals surface area contributed by atoms with Crippen LogP contribution in [0.1, 0.15) is 30.9 Å². The summed E-state index contributed by atoms with van der Waals surface area (Å²) in [5, 5.41) is 19.6. The fraction of sp³-hybridized carbons (Fsp3) is 0.381. The Morgan fingerprint density at radius 3 is 2.58 bits per heavy atom. The number of nitrogens with one attached hydrogen (secondary N) is 1. The molecular formula is C21H25FN2O6S. The predicted octanol–water partition coefficient (Wildman–Crippen LogP) is 2.12. The number of carbonyl (C=O) groups excluding carboxylic acids is 1. The van der Waals surface area contributed by atoms with E-state index in [0.29, 0.717) is 12.2 Å². The number of halogens is 1. The van der Waals surface area contributed by atoms with Crippen molar-refractivity contribution in [3.63, 3.8) is 0 Å². The largest absolute Gasteiger partial charge is 0.489 e. The Balaban J connectivity index is 1.79. The van der Waals surface area contributed by atoms with Gasteiger partial charge in [-0.1, -0.05) is 6.07 Å². The summed E-state index contributed by atoms with van der Waals surface area (Å²) in [5.41, 5.74) is 1.35. The van der Waals surface area contributed by atoms with Crippen molar-refractivity contribution in [2.45, 2.75) is 49.8 Å². The maximum atomic E-state index is 13.2. The molecule has 2 unspecified atom stereocenters. The average molecular weight is 453 g/mol. The van der Waals surface area contributed by atoms with Crippen molar-refractivity contribution in [1.29, 1.82) is 0 Å². The Morgan fingerprint density at radius 2 is 1.97 bits per heavy atom. The second-order valence-electron chi connectivity index (χ2n) is 7.79. The fourth-order valence-corrected chi connectivity index (χ4v) is 5.45. The van der Waals surface area contributed by atoms with Crippen LogP contribution in [0.15, 0.2) is 47.4 Å². The summed E-state index contributed by atoms with van der Waals surface area (Å²) in [6, 6.07) is 8.56. The number of hydrogen-bond acceptors (Lipinski definition) is 6. The van der Waals surface area contributed by atoms with Gasteiger partial charge in [-0.25, -0.2) is 18.3 Å². The summed E-state index contributed by atoms with van der Waals surface area (Å²) in [6.45, 7) is 3.34. The third kappa shape index (κ3) is 4.87. The van der Waals surface area contributed by atoms with Crippen LogP contribution in [0.5, 0.6) is 5.75 Å². The molecule has 0 aromatic heterocycles. The molecule has 2 aromatic rings. The molecule has 0 spiro atoms. The fourth-order valence-electron chi connectivity index (χ4n) is 3.73. The molecular weight excluding hydrogens is 427 g/mol. The van der Waals surface area contributed by atoms with E-state index in [1.54, 1.807) is 13.0 Å². The van der Waals surface area contributed by atoms with E-state index in [2.05, 4.69) is 0 Å². The third-order valence-electron chi connectivity index (χ3n) is 5.43. The first kappa shape index (κ1) is 23.1. The molecule has 31 heavy (non-hydrogen) atoms.